The second kappa shape index (κ2) is 8.43. The third kappa shape index (κ3) is 4.74. The van der Waals surface area contributed by atoms with Gasteiger partial charge >= 0.3 is 0 Å². The number of benzene rings is 1. The number of hydrogen-bond acceptors (Lipinski definition) is 5. The Morgan fingerprint density at radius 2 is 1.80 bits per heavy atom. The Morgan fingerprint density at radius 1 is 1.20 bits per heavy atom. The molecule has 1 aromatic rings. The molecule has 0 saturated heterocycles. The molecule has 0 atom stereocenters. The fourth-order valence-corrected chi connectivity index (χ4v) is 2.19. The normalized spacial score (nSPS) is 10.6. The van der Waals surface area contributed by atoms with Gasteiger partial charge in [-0.3, -0.25) is 9.59 Å². The average Bonchev–Trinajstić information content (AvgIpc) is 2.45. The van der Waals surface area contributed by atoms with Crippen LogP contribution < -0.4 is 9.47 Å². The highest BCUT2D eigenvalue weighted by molar-refractivity contribution is 8.13. The van der Waals surface area contributed by atoms with Gasteiger partial charge in [-0.05, 0) is 18.6 Å². The average molecular weight is 294 g/mol. The van der Waals surface area contributed by atoms with Crippen LogP contribution in [0.5, 0.6) is 11.5 Å². The lowest BCUT2D eigenvalue weighted by molar-refractivity contribution is -0.109. The highest BCUT2D eigenvalue weighted by atomic mass is 32.2. The van der Waals surface area contributed by atoms with Crippen LogP contribution in [0, 0.1) is 0 Å². The van der Waals surface area contributed by atoms with Crippen molar-refractivity contribution in [3.05, 3.63) is 29.3 Å². The Bertz CT molecular complexity index is 509. The van der Waals surface area contributed by atoms with Crippen LogP contribution in [-0.4, -0.2) is 31.4 Å². The molecular formula is C15H18O4S. The van der Waals surface area contributed by atoms with E-state index in [1.165, 1.54) is 18.9 Å². The maximum Gasteiger partial charge on any atom is 0.185 e. The van der Waals surface area contributed by atoms with E-state index in [4.69, 9.17) is 9.47 Å². The lowest BCUT2D eigenvalue weighted by atomic mass is 10.1. The largest absolute Gasteiger partial charge is 0.496 e. The molecule has 0 aliphatic heterocycles. The Labute approximate surface area is 123 Å². The fourth-order valence-electron chi connectivity index (χ4n) is 1.65. The molecule has 0 aliphatic carbocycles. The molecule has 0 amide bonds. The van der Waals surface area contributed by atoms with E-state index in [-0.39, 0.29) is 5.12 Å². The zero-order valence-corrected chi connectivity index (χ0v) is 12.7. The van der Waals surface area contributed by atoms with Gasteiger partial charge in [-0.1, -0.05) is 23.9 Å². The first-order valence-corrected chi connectivity index (χ1v) is 7.12. The summed E-state index contributed by atoms with van der Waals surface area (Å²) in [7, 11) is 3.07. The van der Waals surface area contributed by atoms with Crippen LogP contribution in [0.15, 0.2) is 18.2 Å². The second-order valence-electron chi connectivity index (χ2n) is 3.99. The quantitative estimate of drug-likeness (QED) is 0.571. The van der Waals surface area contributed by atoms with Gasteiger partial charge in [0.1, 0.15) is 11.5 Å². The highest BCUT2D eigenvalue weighted by Crippen LogP contribution is 2.29. The number of thioether (sulfide) groups is 1. The van der Waals surface area contributed by atoms with Gasteiger partial charge < -0.3 is 9.47 Å². The minimum absolute atomic E-state index is 0.119. The van der Waals surface area contributed by atoms with E-state index in [2.05, 4.69) is 0 Å². The van der Waals surface area contributed by atoms with Crippen LogP contribution in [0.1, 0.15) is 29.3 Å². The van der Waals surface area contributed by atoms with Gasteiger partial charge in [0.25, 0.3) is 0 Å². The van der Waals surface area contributed by atoms with E-state index in [9.17, 15) is 9.59 Å². The third-order valence-electron chi connectivity index (χ3n) is 2.60. The van der Waals surface area contributed by atoms with Gasteiger partial charge in [-0.2, -0.15) is 0 Å². The van der Waals surface area contributed by atoms with Crippen molar-refractivity contribution < 1.29 is 19.1 Å². The van der Waals surface area contributed by atoms with Crippen LogP contribution in [0.25, 0.3) is 6.08 Å². The first-order chi connectivity index (χ1) is 9.62. The molecular weight excluding hydrogens is 276 g/mol. The van der Waals surface area contributed by atoms with E-state index in [0.29, 0.717) is 17.1 Å². The maximum absolute atomic E-state index is 10.9. The fraction of sp³-hybridized carbons (Fsp3) is 0.333. The monoisotopic (exact) mass is 294 g/mol. The molecule has 0 bridgehead atoms. The van der Waals surface area contributed by atoms with Crippen molar-refractivity contribution in [3.63, 3.8) is 0 Å². The summed E-state index contributed by atoms with van der Waals surface area (Å²) in [6.45, 7) is 1.56. The van der Waals surface area contributed by atoms with Crippen molar-refractivity contribution in [2.45, 2.75) is 13.3 Å². The molecule has 1 aromatic carbocycles. The van der Waals surface area contributed by atoms with Crippen molar-refractivity contribution in [2.75, 3.05) is 20.0 Å². The molecule has 0 spiro atoms. The molecule has 0 heterocycles. The summed E-state index contributed by atoms with van der Waals surface area (Å²) in [6, 6.07) is 3.41. The predicted octanol–water partition coefficient (Wildman–Crippen LogP) is 3.20. The van der Waals surface area contributed by atoms with Gasteiger partial charge in [0.15, 0.2) is 11.4 Å². The van der Waals surface area contributed by atoms with Crippen molar-refractivity contribution in [3.8, 4) is 11.5 Å². The minimum atomic E-state index is 0.119. The predicted molar refractivity (Wildman–Crippen MR) is 81.7 cm³/mol. The maximum atomic E-state index is 10.9. The van der Waals surface area contributed by atoms with Crippen LogP contribution in [0.4, 0.5) is 0 Å². The van der Waals surface area contributed by atoms with E-state index in [0.717, 1.165) is 24.0 Å². The number of aldehydes is 1. The molecule has 4 nitrogen and oxygen atoms in total. The lowest BCUT2D eigenvalue weighted by Gasteiger charge is -2.09. The zero-order chi connectivity index (χ0) is 15.0. The second-order valence-corrected chi connectivity index (χ2v) is 5.26. The van der Waals surface area contributed by atoms with E-state index >= 15 is 0 Å². The SMILES string of the molecule is COc1cc(C=CCCSC(C)=O)c(OC)cc1C=O. The highest BCUT2D eigenvalue weighted by Gasteiger charge is 2.08. The molecule has 5 heteroatoms. The Hall–Kier alpha value is -1.75. The smallest absolute Gasteiger partial charge is 0.185 e. The number of hydrogen-bond donors (Lipinski definition) is 0. The number of carbonyl (C=O) groups is 2. The van der Waals surface area contributed by atoms with Gasteiger partial charge in [-0.25, -0.2) is 0 Å². The molecule has 0 aromatic heterocycles. The molecule has 0 fully saturated rings. The van der Waals surface area contributed by atoms with Crippen LogP contribution in [0.2, 0.25) is 0 Å². The Morgan fingerprint density at radius 3 is 2.35 bits per heavy atom. The standard InChI is InChI=1S/C15H18O4S/c1-11(17)20-7-5-4-6-12-8-15(19-3)13(10-16)9-14(12)18-2/h4,6,8-10H,5,7H2,1-3H3. The summed E-state index contributed by atoms with van der Waals surface area (Å²) in [5.41, 5.74) is 1.29. The number of allylic oxidation sites excluding steroid dienone is 1. The van der Waals surface area contributed by atoms with Crippen LogP contribution in [0.3, 0.4) is 0 Å². The Kier molecular flexibility index (Phi) is 6.87. The summed E-state index contributed by atoms with van der Waals surface area (Å²) in [6.07, 6.45) is 5.38. The summed E-state index contributed by atoms with van der Waals surface area (Å²) < 4.78 is 10.4. The molecule has 0 N–H and O–H groups in total. The first kappa shape index (κ1) is 16.3. The van der Waals surface area contributed by atoms with Gasteiger partial charge in [0, 0.05) is 18.2 Å². The van der Waals surface area contributed by atoms with Gasteiger partial charge in [0.2, 0.25) is 0 Å². The zero-order valence-electron chi connectivity index (χ0n) is 11.8. The van der Waals surface area contributed by atoms with E-state index < -0.39 is 0 Å². The van der Waals surface area contributed by atoms with Gasteiger partial charge in [0.05, 0.1) is 19.8 Å². The summed E-state index contributed by atoms with van der Waals surface area (Å²) in [4.78, 5) is 21.7. The molecule has 0 radical (unpaired) electrons. The lowest BCUT2D eigenvalue weighted by Crippen LogP contribution is -1.95. The number of methoxy groups -OCH3 is 2. The molecule has 0 saturated carbocycles. The summed E-state index contributed by atoms with van der Waals surface area (Å²) >= 11 is 1.30. The van der Waals surface area contributed by atoms with Crippen LogP contribution >= 0.6 is 11.8 Å². The third-order valence-corrected chi connectivity index (χ3v) is 3.44. The number of carbonyl (C=O) groups excluding carboxylic acids is 2. The molecule has 0 aliphatic rings. The van der Waals surface area contributed by atoms with Crippen molar-refractivity contribution >= 4 is 29.2 Å². The van der Waals surface area contributed by atoms with Gasteiger partial charge in [-0.15, -0.1) is 0 Å². The topological polar surface area (TPSA) is 52.6 Å². The molecule has 0 unspecified atom stereocenters. The molecule has 108 valence electrons. The van der Waals surface area contributed by atoms with Crippen molar-refractivity contribution in [1.29, 1.82) is 0 Å². The number of rotatable bonds is 7. The summed E-state index contributed by atoms with van der Waals surface area (Å²) in [5.74, 6) is 1.87. The van der Waals surface area contributed by atoms with Crippen molar-refractivity contribution in [1.82, 2.24) is 0 Å². The molecule has 1 rings (SSSR count). The minimum Gasteiger partial charge on any atom is -0.496 e. The Balaban J connectivity index is 2.85. The number of ether oxygens (including phenoxy) is 2. The summed E-state index contributed by atoms with van der Waals surface area (Å²) in [5, 5.41) is 0.119. The van der Waals surface area contributed by atoms with Crippen LogP contribution in [-0.2, 0) is 4.79 Å². The van der Waals surface area contributed by atoms with Crippen molar-refractivity contribution in [2.24, 2.45) is 0 Å². The first-order valence-electron chi connectivity index (χ1n) is 6.13. The van der Waals surface area contributed by atoms with E-state index in [1.54, 1.807) is 26.2 Å². The van der Waals surface area contributed by atoms with E-state index in [1.807, 2.05) is 12.2 Å². The molecule has 20 heavy (non-hydrogen) atoms.